The largest absolute Gasteiger partial charge is 0.573 e. The molecular weight excluding hydrogens is 451 g/mol. The zero-order chi connectivity index (χ0) is 23.9. The third-order valence-electron chi connectivity index (χ3n) is 5.59. The lowest BCUT2D eigenvalue weighted by atomic mass is 9.79. The van der Waals surface area contributed by atoms with Crippen molar-refractivity contribution in [2.45, 2.75) is 12.3 Å². The van der Waals surface area contributed by atoms with Crippen LogP contribution in [0.4, 0.5) is 24.7 Å². The number of carbonyl (C=O) groups is 2. The van der Waals surface area contributed by atoms with Crippen LogP contribution in [0.25, 0.3) is 0 Å². The highest BCUT2D eigenvalue weighted by Gasteiger charge is 2.36. The SMILES string of the molecule is O=C1CNCC2=C1C(c1ccc(C(=O)Nc3cccc(OC(F)(F)F)c3)cc1)c1cn[nH]c1N2. The van der Waals surface area contributed by atoms with Gasteiger partial charge in [-0.1, -0.05) is 18.2 Å². The number of benzene rings is 2. The van der Waals surface area contributed by atoms with Crippen molar-refractivity contribution in [3.63, 3.8) is 0 Å². The molecule has 0 saturated carbocycles. The summed E-state index contributed by atoms with van der Waals surface area (Å²) in [5, 5.41) is 15.8. The molecule has 8 nitrogen and oxygen atoms in total. The van der Waals surface area contributed by atoms with Crippen LogP contribution in [0.2, 0.25) is 0 Å². The van der Waals surface area contributed by atoms with E-state index >= 15 is 0 Å². The number of Topliss-reactive ketones (excluding diaryl/α,β-unsaturated/α-hetero) is 1. The average molecular weight is 469 g/mol. The standard InChI is InChI=1S/C23H18F3N5O3/c24-23(25,26)34-15-3-1-2-14(8-15)29-22(33)13-6-4-12(5-7-13)19-16-9-28-31-21(16)30-17-10-27-11-18(32)20(17)19/h1-9,19,27H,10-11H2,(H,29,33)(H2,28,30,31). The fraction of sp³-hybridized carbons (Fsp3) is 0.174. The van der Waals surface area contributed by atoms with Gasteiger partial charge in [-0.25, -0.2) is 0 Å². The molecule has 3 heterocycles. The van der Waals surface area contributed by atoms with Crippen molar-refractivity contribution < 1.29 is 27.5 Å². The maximum Gasteiger partial charge on any atom is 0.573 e. The van der Waals surface area contributed by atoms with Gasteiger partial charge in [-0.2, -0.15) is 5.10 Å². The number of amides is 1. The van der Waals surface area contributed by atoms with Crippen molar-refractivity contribution >= 4 is 23.2 Å². The van der Waals surface area contributed by atoms with Gasteiger partial charge in [0.25, 0.3) is 5.91 Å². The van der Waals surface area contributed by atoms with Crippen LogP contribution in [-0.4, -0.2) is 41.3 Å². The minimum Gasteiger partial charge on any atom is -0.406 e. The first-order chi connectivity index (χ1) is 16.3. The number of H-pyrrole nitrogens is 1. The number of carbonyl (C=O) groups excluding carboxylic acids is 2. The summed E-state index contributed by atoms with van der Waals surface area (Å²) < 4.78 is 41.2. The average Bonchev–Trinajstić information content (AvgIpc) is 3.25. The Hall–Kier alpha value is -4.12. The van der Waals surface area contributed by atoms with Crippen molar-refractivity contribution in [2.24, 2.45) is 0 Å². The van der Waals surface area contributed by atoms with Crippen molar-refractivity contribution in [3.05, 3.63) is 82.7 Å². The number of fused-ring (bicyclic) bond motifs is 1. The lowest BCUT2D eigenvalue weighted by Crippen LogP contribution is -2.39. The Labute approximate surface area is 191 Å². The maximum atomic E-state index is 12.7. The van der Waals surface area contributed by atoms with Gasteiger partial charge in [0.2, 0.25) is 0 Å². The number of alkyl halides is 3. The Balaban J connectivity index is 1.38. The van der Waals surface area contributed by atoms with Gasteiger partial charge >= 0.3 is 6.36 Å². The fourth-order valence-corrected chi connectivity index (χ4v) is 4.17. The molecule has 0 fully saturated rings. The van der Waals surface area contributed by atoms with Crippen LogP contribution in [0.5, 0.6) is 5.75 Å². The van der Waals surface area contributed by atoms with E-state index in [1.165, 1.54) is 12.1 Å². The second-order valence-electron chi connectivity index (χ2n) is 7.83. The number of hydrogen-bond donors (Lipinski definition) is 4. The molecule has 2 aromatic carbocycles. The number of ether oxygens (including phenoxy) is 1. The van der Waals surface area contributed by atoms with E-state index in [1.807, 2.05) is 0 Å². The molecule has 11 heteroatoms. The summed E-state index contributed by atoms with van der Waals surface area (Å²) in [6.45, 7) is 0.759. The van der Waals surface area contributed by atoms with E-state index in [4.69, 9.17) is 0 Å². The molecule has 4 N–H and O–H groups in total. The molecule has 174 valence electrons. The molecule has 1 amide bonds. The molecular formula is C23H18F3N5O3. The van der Waals surface area contributed by atoms with E-state index < -0.39 is 18.0 Å². The first-order valence-electron chi connectivity index (χ1n) is 10.3. The summed E-state index contributed by atoms with van der Waals surface area (Å²) in [7, 11) is 0. The number of aromatic amines is 1. The lowest BCUT2D eigenvalue weighted by molar-refractivity contribution is -0.274. The van der Waals surface area contributed by atoms with Crippen LogP contribution < -0.4 is 20.7 Å². The molecule has 0 aliphatic carbocycles. The Bertz CT molecular complexity index is 1300. The lowest BCUT2D eigenvalue weighted by Gasteiger charge is -2.32. The second kappa shape index (κ2) is 8.34. The number of hydrogen-bond acceptors (Lipinski definition) is 6. The summed E-state index contributed by atoms with van der Waals surface area (Å²) in [5.74, 6) is -0.578. The highest BCUT2D eigenvalue weighted by Crippen LogP contribution is 2.41. The van der Waals surface area contributed by atoms with Gasteiger partial charge < -0.3 is 20.7 Å². The molecule has 34 heavy (non-hydrogen) atoms. The van der Waals surface area contributed by atoms with Crippen LogP contribution in [0, 0.1) is 0 Å². The van der Waals surface area contributed by atoms with E-state index in [0.29, 0.717) is 23.5 Å². The second-order valence-corrected chi connectivity index (χ2v) is 7.83. The minimum atomic E-state index is -4.83. The number of nitrogens with zero attached hydrogens (tertiary/aromatic N) is 1. The normalized spacial score (nSPS) is 17.5. The summed E-state index contributed by atoms with van der Waals surface area (Å²) in [5.41, 5.74) is 3.54. The third-order valence-corrected chi connectivity index (χ3v) is 5.59. The molecule has 0 spiro atoms. The third kappa shape index (κ3) is 4.25. The van der Waals surface area contributed by atoms with Crippen molar-refractivity contribution in [1.82, 2.24) is 15.5 Å². The Morgan fingerprint density at radius 2 is 1.91 bits per heavy atom. The van der Waals surface area contributed by atoms with Gasteiger partial charge in [0.05, 0.1) is 12.7 Å². The summed E-state index contributed by atoms with van der Waals surface area (Å²) in [6.07, 6.45) is -3.16. The predicted octanol–water partition coefficient (Wildman–Crippen LogP) is 3.54. The number of halogens is 3. The Kier molecular flexibility index (Phi) is 5.33. The molecule has 3 aromatic rings. The predicted molar refractivity (Wildman–Crippen MR) is 116 cm³/mol. The van der Waals surface area contributed by atoms with Crippen LogP contribution >= 0.6 is 0 Å². The smallest absolute Gasteiger partial charge is 0.406 e. The van der Waals surface area contributed by atoms with E-state index in [9.17, 15) is 22.8 Å². The molecule has 1 unspecified atom stereocenters. The Morgan fingerprint density at radius 1 is 1.12 bits per heavy atom. The highest BCUT2D eigenvalue weighted by molar-refractivity contribution is 6.05. The highest BCUT2D eigenvalue weighted by atomic mass is 19.4. The van der Waals surface area contributed by atoms with Gasteiger partial charge in [-0.05, 0) is 29.8 Å². The molecule has 1 aromatic heterocycles. The van der Waals surface area contributed by atoms with Crippen LogP contribution in [0.1, 0.15) is 27.4 Å². The number of rotatable bonds is 4. The number of nitrogens with one attached hydrogen (secondary N) is 4. The van der Waals surface area contributed by atoms with Gasteiger partial charge in [-0.3, -0.25) is 14.7 Å². The summed E-state index contributed by atoms with van der Waals surface area (Å²) >= 11 is 0. The van der Waals surface area contributed by atoms with Gasteiger partial charge in [0.1, 0.15) is 11.6 Å². The molecule has 2 aliphatic rings. The molecule has 0 bridgehead atoms. The summed E-state index contributed by atoms with van der Waals surface area (Å²) in [4.78, 5) is 25.4. The van der Waals surface area contributed by atoms with Crippen molar-refractivity contribution in [1.29, 1.82) is 0 Å². The number of ketones is 1. The van der Waals surface area contributed by atoms with Crippen molar-refractivity contribution in [3.8, 4) is 5.75 Å². The first-order valence-corrected chi connectivity index (χ1v) is 10.3. The van der Waals surface area contributed by atoms with E-state index in [1.54, 1.807) is 30.5 Å². The van der Waals surface area contributed by atoms with E-state index in [0.717, 1.165) is 29.0 Å². The van der Waals surface area contributed by atoms with Crippen LogP contribution in [0.15, 0.2) is 66.0 Å². The quantitative estimate of drug-likeness (QED) is 0.466. The molecule has 2 aliphatic heterocycles. The molecule has 0 saturated heterocycles. The minimum absolute atomic E-state index is 0.0200. The first kappa shape index (κ1) is 21.7. The molecule has 5 rings (SSSR count). The van der Waals surface area contributed by atoms with Crippen LogP contribution in [-0.2, 0) is 4.79 Å². The monoisotopic (exact) mass is 469 g/mol. The van der Waals surface area contributed by atoms with Crippen molar-refractivity contribution in [2.75, 3.05) is 23.7 Å². The van der Waals surface area contributed by atoms with E-state index in [-0.39, 0.29) is 23.9 Å². The topological polar surface area (TPSA) is 108 Å². The summed E-state index contributed by atoms with van der Waals surface area (Å²) in [6, 6.07) is 11.8. The molecule has 1 atom stereocenters. The zero-order valence-corrected chi connectivity index (χ0v) is 17.5. The van der Waals surface area contributed by atoms with Gasteiger partial charge in [0, 0.05) is 46.6 Å². The van der Waals surface area contributed by atoms with Gasteiger partial charge in [-0.15, -0.1) is 13.2 Å². The molecule has 0 radical (unpaired) electrons. The maximum absolute atomic E-state index is 12.7. The zero-order valence-electron chi connectivity index (χ0n) is 17.5. The van der Waals surface area contributed by atoms with Crippen LogP contribution in [0.3, 0.4) is 0 Å². The van der Waals surface area contributed by atoms with E-state index in [2.05, 4.69) is 30.9 Å². The van der Waals surface area contributed by atoms with Gasteiger partial charge in [0.15, 0.2) is 5.78 Å². The fourth-order valence-electron chi connectivity index (χ4n) is 4.17. The Morgan fingerprint density at radius 3 is 2.68 bits per heavy atom. The number of aromatic nitrogens is 2. The number of anilines is 2.